The maximum absolute atomic E-state index is 4.99. The smallest absolute Gasteiger partial charge is 0.150 e. The summed E-state index contributed by atoms with van der Waals surface area (Å²) in [6, 6.07) is 2.09. The van der Waals surface area contributed by atoms with Gasteiger partial charge in [-0.3, -0.25) is 0 Å². The molecule has 0 fully saturated rings. The minimum Gasteiger partial charge on any atom is -0.360 e. The fourth-order valence-corrected chi connectivity index (χ4v) is 1.98. The average molecular weight is 223 g/mol. The average Bonchev–Trinajstić information content (AvgIpc) is 2.84. The zero-order valence-electron chi connectivity index (χ0n) is 8.73. The highest BCUT2D eigenvalue weighted by Gasteiger charge is 2.08. The van der Waals surface area contributed by atoms with E-state index in [0.717, 1.165) is 16.5 Å². The van der Waals surface area contributed by atoms with Crippen molar-refractivity contribution < 1.29 is 4.52 Å². The van der Waals surface area contributed by atoms with Crippen LogP contribution in [-0.2, 0) is 6.54 Å². The first-order valence-corrected chi connectivity index (χ1v) is 5.68. The fraction of sp³-hybridized carbons (Fsp3) is 0.400. The maximum atomic E-state index is 4.99. The van der Waals surface area contributed by atoms with Crippen LogP contribution >= 0.6 is 11.3 Å². The first-order valence-electron chi connectivity index (χ1n) is 4.80. The highest BCUT2D eigenvalue weighted by molar-refractivity contribution is 7.09. The molecular weight excluding hydrogens is 210 g/mol. The topological polar surface area (TPSA) is 51.0 Å². The standard InChI is InChI=1S/C10H13N3OS/c1-7(10-6-15-8(2)13-10)11-5-9-3-4-12-14-9/h3-4,6-7,11H,5H2,1-2H3. The molecule has 2 aromatic rings. The van der Waals surface area contributed by atoms with Crippen LogP contribution in [0.2, 0.25) is 0 Å². The summed E-state index contributed by atoms with van der Waals surface area (Å²) in [6.45, 7) is 4.78. The second-order valence-electron chi connectivity index (χ2n) is 3.37. The van der Waals surface area contributed by atoms with Crippen molar-refractivity contribution in [3.8, 4) is 0 Å². The van der Waals surface area contributed by atoms with E-state index >= 15 is 0 Å². The molecule has 5 heteroatoms. The van der Waals surface area contributed by atoms with Gasteiger partial charge in [-0.15, -0.1) is 11.3 Å². The second-order valence-corrected chi connectivity index (χ2v) is 4.43. The predicted octanol–water partition coefficient (Wildman–Crippen LogP) is 2.29. The number of aryl methyl sites for hydroxylation is 1. The van der Waals surface area contributed by atoms with Crippen molar-refractivity contribution in [3.05, 3.63) is 34.1 Å². The van der Waals surface area contributed by atoms with Gasteiger partial charge in [0.05, 0.1) is 23.4 Å². The molecule has 0 amide bonds. The molecule has 0 aliphatic carbocycles. The summed E-state index contributed by atoms with van der Waals surface area (Å²) in [7, 11) is 0. The number of thiazole rings is 1. The Labute approximate surface area is 92.3 Å². The van der Waals surface area contributed by atoms with E-state index in [4.69, 9.17) is 4.52 Å². The zero-order valence-corrected chi connectivity index (χ0v) is 9.54. The molecule has 1 atom stereocenters. The summed E-state index contributed by atoms with van der Waals surface area (Å²) in [5.41, 5.74) is 1.08. The summed E-state index contributed by atoms with van der Waals surface area (Å²) < 4.78 is 4.99. The van der Waals surface area contributed by atoms with Gasteiger partial charge in [-0.25, -0.2) is 4.98 Å². The van der Waals surface area contributed by atoms with E-state index in [9.17, 15) is 0 Å². The number of aromatic nitrogens is 2. The van der Waals surface area contributed by atoms with Gasteiger partial charge in [-0.2, -0.15) is 0 Å². The molecule has 0 spiro atoms. The summed E-state index contributed by atoms with van der Waals surface area (Å²) in [6.07, 6.45) is 1.65. The summed E-state index contributed by atoms with van der Waals surface area (Å²) in [5, 5.41) is 10.1. The number of hydrogen-bond donors (Lipinski definition) is 1. The third-order valence-corrected chi connectivity index (χ3v) is 2.95. The van der Waals surface area contributed by atoms with E-state index in [1.807, 2.05) is 13.0 Å². The minimum atomic E-state index is 0.236. The van der Waals surface area contributed by atoms with Crippen molar-refractivity contribution in [2.75, 3.05) is 0 Å². The van der Waals surface area contributed by atoms with Crippen LogP contribution in [0.5, 0.6) is 0 Å². The Morgan fingerprint density at radius 3 is 3.07 bits per heavy atom. The maximum Gasteiger partial charge on any atom is 0.150 e. The van der Waals surface area contributed by atoms with E-state index in [1.165, 1.54) is 0 Å². The number of rotatable bonds is 4. The SMILES string of the molecule is Cc1nc(C(C)NCc2ccno2)cs1. The number of hydrogen-bond acceptors (Lipinski definition) is 5. The van der Waals surface area contributed by atoms with Gasteiger partial charge in [-0.1, -0.05) is 5.16 Å². The van der Waals surface area contributed by atoms with Crippen molar-refractivity contribution in [2.24, 2.45) is 0 Å². The second kappa shape index (κ2) is 4.55. The minimum absolute atomic E-state index is 0.236. The number of nitrogens with one attached hydrogen (secondary N) is 1. The quantitative estimate of drug-likeness (QED) is 0.864. The largest absolute Gasteiger partial charge is 0.360 e. The normalized spacial score (nSPS) is 12.9. The van der Waals surface area contributed by atoms with Gasteiger partial charge in [0.2, 0.25) is 0 Å². The van der Waals surface area contributed by atoms with E-state index in [1.54, 1.807) is 17.5 Å². The van der Waals surface area contributed by atoms with E-state index < -0.39 is 0 Å². The van der Waals surface area contributed by atoms with Gasteiger partial charge in [0.25, 0.3) is 0 Å². The Hall–Kier alpha value is -1.20. The van der Waals surface area contributed by atoms with Gasteiger partial charge >= 0.3 is 0 Å². The Morgan fingerprint density at radius 1 is 1.60 bits per heavy atom. The molecule has 0 aliphatic rings. The molecule has 2 heterocycles. The monoisotopic (exact) mass is 223 g/mol. The van der Waals surface area contributed by atoms with E-state index in [0.29, 0.717) is 6.54 Å². The van der Waals surface area contributed by atoms with Gasteiger partial charge in [-0.05, 0) is 13.8 Å². The lowest BCUT2D eigenvalue weighted by Gasteiger charge is -2.09. The highest BCUT2D eigenvalue weighted by atomic mass is 32.1. The van der Waals surface area contributed by atoms with Crippen LogP contribution in [-0.4, -0.2) is 10.1 Å². The molecule has 15 heavy (non-hydrogen) atoms. The van der Waals surface area contributed by atoms with Crippen LogP contribution in [0.25, 0.3) is 0 Å². The van der Waals surface area contributed by atoms with Crippen LogP contribution in [0.4, 0.5) is 0 Å². The van der Waals surface area contributed by atoms with Crippen molar-refractivity contribution in [3.63, 3.8) is 0 Å². The summed E-state index contributed by atoms with van der Waals surface area (Å²) in [5.74, 6) is 0.841. The molecule has 0 aliphatic heterocycles. The van der Waals surface area contributed by atoms with Crippen molar-refractivity contribution in [1.29, 1.82) is 0 Å². The van der Waals surface area contributed by atoms with Gasteiger partial charge in [0.1, 0.15) is 5.76 Å². The summed E-state index contributed by atoms with van der Waals surface area (Å²) in [4.78, 5) is 4.42. The molecule has 0 saturated heterocycles. The number of nitrogens with zero attached hydrogens (tertiary/aromatic N) is 2. The molecule has 0 bridgehead atoms. The summed E-state index contributed by atoms with van der Waals surface area (Å²) >= 11 is 1.67. The van der Waals surface area contributed by atoms with Crippen molar-refractivity contribution in [2.45, 2.75) is 26.4 Å². The molecule has 0 aromatic carbocycles. The van der Waals surface area contributed by atoms with Crippen LogP contribution in [0.15, 0.2) is 22.2 Å². The molecule has 4 nitrogen and oxygen atoms in total. The molecule has 2 rings (SSSR count). The lowest BCUT2D eigenvalue weighted by atomic mass is 10.2. The van der Waals surface area contributed by atoms with Crippen molar-refractivity contribution in [1.82, 2.24) is 15.5 Å². The molecular formula is C10H13N3OS. The third-order valence-electron chi connectivity index (χ3n) is 2.15. The van der Waals surface area contributed by atoms with Gasteiger partial charge in [0, 0.05) is 17.5 Å². The lowest BCUT2D eigenvalue weighted by Crippen LogP contribution is -2.18. The molecule has 0 saturated carbocycles. The Kier molecular flexibility index (Phi) is 3.13. The first-order chi connectivity index (χ1) is 7.25. The molecule has 0 radical (unpaired) electrons. The zero-order chi connectivity index (χ0) is 10.7. The van der Waals surface area contributed by atoms with Crippen LogP contribution in [0.3, 0.4) is 0 Å². The molecule has 80 valence electrons. The van der Waals surface area contributed by atoms with Gasteiger partial charge in [0.15, 0.2) is 0 Å². The van der Waals surface area contributed by atoms with E-state index in [2.05, 4.69) is 27.8 Å². The molecule has 1 unspecified atom stereocenters. The molecule has 1 N–H and O–H groups in total. The Morgan fingerprint density at radius 2 is 2.47 bits per heavy atom. The first kappa shape index (κ1) is 10.3. The van der Waals surface area contributed by atoms with Crippen LogP contribution in [0.1, 0.15) is 29.4 Å². The highest BCUT2D eigenvalue weighted by Crippen LogP contribution is 2.15. The van der Waals surface area contributed by atoms with Crippen molar-refractivity contribution >= 4 is 11.3 Å². The molecule has 2 aromatic heterocycles. The van der Waals surface area contributed by atoms with Gasteiger partial charge < -0.3 is 9.84 Å². The lowest BCUT2D eigenvalue weighted by molar-refractivity contribution is 0.365. The predicted molar refractivity (Wildman–Crippen MR) is 58.6 cm³/mol. The Balaban J connectivity index is 1.90. The Bertz CT molecular complexity index is 410. The third kappa shape index (κ3) is 2.64. The van der Waals surface area contributed by atoms with Crippen LogP contribution in [0, 0.1) is 6.92 Å². The van der Waals surface area contributed by atoms with Crippen LogP contribution < -0.4 is 5.32 Å². The fourth-order valence-electron chi connectivity index (χ4n) is 1.27. The van der Waals surface area contributed by atoms with E-state index in [-0.39, 0.29) is 6.04 Å².